The minimum absolute atomic E-state index is 0.0128. The number of carboxylic acids is 1. The third-order valence-corrected chi connectivity index (χ3v) is 7.33. The number of thiophene rings is 1. The molecule has 29 heavy (non-hydrogen) atoms. The van der Waals surface area contributed by atoms with Crippen molar-refractivity contribution in [3.63, 3.8) is 0 Å². The molecule has 1 aliphatic heterocycles. The molecule has 0 radical (unpaired) electrons. The van der Waals surface area contributed by atoms with Crippen LogP contribution in [0.3, 0.4) is 0 Å². The number of fused-ring (bicyclic) bond motifs is 1. The lowest BCUT2D eigenvalue weighted by Crippen LogP contribution is -2.22. The highest BCUT2D eigenvalue weighted by Gasteiger charge is 2.36. The van der Waals surface area contributed by atoms with Crippen molar-refractivity contribution in [2.75, 3.05) is 18.0 Å². The summed E-state index contributed by atoms with van der Waals surface area (Å²) < 4.78 is 40.4. The van der Waals surface area contributed by atoms with Crippen molar-refractivity contribution in [3.8, 4) is 10.4 Å². The van der Waals surface area contributed by atoms with E-state index in [2.05, 4.69) is 18.7 Å². The number of nitrogens with zero attached hydrogens (tertiary/aromatic N) is 1. The lowest BCUT2D eigenvalue weighted by atomic mass is 9.76. The van der Waals surface area contributed by atoms with Gasteiger partial charge >= 0.3 is 12.1 Å². The van der Waals surface area contributed by atoms with E-state index in [1.165, 1.54) is 17.4 Å². The van der Waals surface area contributed by atoms with Gasteiger partial charge in [0.05, 0.1) is 16.0 Å². The first-order chi connectivity index (χ1) is 13.6. The fourth-order valence-electron chi connectivity index (χ4n) is 4.46. The number of hydrogen-bond donors (Lipinski definition) is 1. The number of anilines is 1. The van der Waals surface area contributed by atoms with Crippen molar-refractivity contribution in [2.45, 2.75) is 52.1 Å². The van der Waals surface area contributed by atoms with Gasteiger partial charge in [-0.25, -0.2) is 4.79 Å². The molecule has 1 aromatic carbocycles. The van der Waals surface area contributed by atoms with E-state index >= 15 is 0 Å². The van der Waals surface area contributed by atoms with E-state index in [4.69, 9.17) is 0 Å². The van der Waals surface area contributed by atoms with E-state index in [0.717, 1.165) is 61.3 Å². The summed E-state index contributed by atoms with van der Waals surface area (Å²) in [6.07, 6.45) is -0.145. The summed E-state index contributed by atoms with van der Waals surface area (Å²) in [7, 11) is 0. The third kappa shape index (κ3) is 3.77. The highest BCUT2D eigenvalue weighted by Crippen LogP contribution is 2.48. The van der Waals surface area contributed by atoms with Crippen LogP contribution in [0.2, 0.25) is 0 Å². The third-order valence-electron chi connectivity index (χ3n) is 6.00. The summed E-state index contributed by atoms with van der Waals surface area (Å²) in [5.74, 6) is -1.06. The van der Waals surface area contributed by atoms with Crippen molar-refractivity contribution in [3.05, 3.63) is 39.8 Å². The zero-order valence-corrected chi connectivity index (χ0v) is 17.3. The van der Waals surface area contributed by atoms with Crippen molar-refractivity contribution in [1.29, 1.82) is 0 Å². The Morgan fingerprint density at radius 2 is 1.90 bits per heavy atom. The molecule has 0 atom stereocenters. The van der Waals surface area contributed by atoms with E-state index in [1.807, 2.05) is 0 Å². The molecule has 2 heterocycles. The largest absolute Gasteiger partial charge is 0.478 e. The van der Waals surface area contributed by atoms with Crippen LogP contribution in [0.1, 0.15) is 59.5 Å². The summed E-state index contributed by atoms with van der Waals surface area (Å²) in [5.41, 5.74) is 1.35. The standard InChI is InChI=1S/C22H24F3NO2S/c1-21(2)8-7-17-15(12-21)18(20(27)28)19(29-17)14-11-13(22(23,24)25)5-6-16(14)26-9-3-4-10-26/h5-6,11H,3-4,7-10,12H2,1-2H3,(H,27,28). The molecule has 1 aliphatic carbocycles. The molecule has 0 unspecified atom stereocenters. The number of alkyl halides is 3. The molecule has 1 saturated heterocycles. The van der Waals surface area contributed by atoms with Gasteiger partial charge in [-0.1, -0.05) is 13.8 Å². The number of aromatic carboxylic acids is 1. The Balaban J connectivity index is 1.94. The summed E-state index contributed by atoms with van der Waals surface area (Å²) in [4.78, 5) is 15.8. The van der Waals surface area contributed by atoms with Crippen molar-refractivity contribution in [2.24, 2.45) is 5.41 Å². The Bertz CT molecular complexity index is 956. The number of benzene rings is 1. The lowest BCUT2D eigenvalue weighted by Gasteiger charge is -2.29. The van der Waals surface area contributed by atoms with Gasteiger partial charge in [0.15, 0.2) is 0 Å². The van der Waals surface area contributed by atoms with Crippen molar-refractivity contribution in [1.82, 2.24) is 0 Å². The molecule has 1 aromatic heterocycles. The number of carbonyl (C=O) groups is 1. The molecule has 2 aromatic rings. The quantitative estimate of drug-likeness (QED) is 0.635. The highest BCUT2D eigenvalue weighted by molar-refractivity contribution is 7.16. The maximum atomic E-state index is 13.5. The van der Waals surface area contributed by atoms with Crippen LogP contribution in [0.15, 0.2) is 18.2 Å². The van der Waals surface area contributed by atoms with Gasteiger partial charge < -0.3 is 10.0 Å². The van der Waals surface area contributed by atoms with E-state index < -0.39 is 17.7 Å². The molecular formula is C22H24F3NO2S. The molecule has 2 aliphatic rings. The monoisotopic (exact) mass is 423 g/mol. The molecule has 3 nitrogen and oxygen atoms in total. The fraction of sp³-hybridized carbons (Fsp3) is 0.500. The number of aryl methyl sites for hydroxylation is 1. The maximum absolute atomic E-state index is 13.5. The molecule has 0 spiro atoms. The zero-order valence-electron chi connectivity index (χ0n) is 16.5. The Labute approximate surface area is 172 Å². The Morgan fingerprint density at radius 3 is 2.52 bits per heavy atom. The fourth-order valence-corrected chi connectivity index (χ4v) is 5.80. The van der Waals surface area contributed by atoms with E-state index in [-0.39, 0.29) is 11.0 Å². The van der Waals surface area contributed by atoms with Crippen LogP contribution >= 0.6 is 11.3 Å². The Kier molecular flexibility index (Phi) is 4.92. The summed E-state index contributed by atoms with van der Waals surface area (Å²) in [6, 6.07) is 3.76. The molecule has 1 fully saturated rings. The first kappa shape index (κ1) is 20.3. The molecule has 0 saturated carbocycles. The zero-order chi connectivity index (χ0) is 21.0. The first-order valence-electron chi connectivity index (χ1n) is 9.91. The molecule has 0 bridgehead atoms. The second-order valence-corrected chi connectivity index (χ2v) is 9.88. The molecule has 156 valence electrons. The van der Waals surface area contributed by atoms with Gasteiger partial charge in [-0.3, -0.25) is 0 Å². The van der Waals surface area contributed by atoms with Crippen LogP contribution < -0.4 is 4.90 Å². The van der Waals surface area contributed by atoms with Crippen LogP contribution in [0.5, 0.6) is 0 Å². The summed E-state index contributed by atoms with van der Waals surface area (Å²) >= 11 is 1.36. The number of carboxylic acid groups (broad SMARTS) is 1. The van der Waals surface area contributed by atoms with Gasteiger partial charge in [-0.15, -0.1) is 11.3 Å². The molecule has 4 rings (SSSR count). The van der Waals surface area contributed by atoms with Crippen LogP contribution in [0.4, 0.5) is 18.9 Å². The second-order valence-electron chi connectivity index (χ2n) is 8.78. The second kappa shape index (κ2) is 7.04. The normalized spacial score (nSPS) is 18.7. The van der Waals surface area contributed by atoms with Gasteiger partial charge in [-0.05, 0) is 61.3 Å². The van der Waals surface area contributed by atoms with Crippen LogP contribution in [0, 0.1) is 5.41 Å². The van der Waals surface area contributed by atoms with Gasteiger partial charge in [-0.2, -0.15) is 13.2 Å². The van der Waals surface area contributed by atoms with Crippen molar-refractivity contribution < 1.29 is 23.1 Å². The SMILES string of the molecule is CC1(C)CCc2sc(-c3cc(C(F)(F)F)ccc3N3CCCC3)c(C(=O)O)c2C1. The summed E-state index contributed by atoms with van der Waals surface area (Å²) in [6.45, 7) is 5.77. The van der Waals surface area contributed by atoms with Crippen LogP contribution in [0.25, 0.3) is 10.4 Å². The van der Waals surface area contributed by atoms with Gasteiger partial charge in [0.1, 0.15) is 0 Å². The summed E-state index contributed by atoms with van der Waals surface area (Å²) in [5, 5.41) is 10.00. The Hall–Kier alpha value is -2.02. The van der Waals surface area contributed by atoms with Crippen molar-refractivity contribution >= 4 is 23.0 Å². The lowest BCUT2D eigenvalue weighted by molar-refractivity contribution is -0.137. The van der Waals surface area contributed by atoms with Crippen LogP contribution in [-0.4, -0.2) is 24.2 Å². The van der Waals surface area contributed by atoms with E-state index in [1.54, 1.807) is 0 Å². The van der Waals surface area contributed by atoms with Gasteiger partial charge in [0.25, 0.3) is 0 Å². The smallest absolute Gasteiger partial charge is 0.416 e. The minimum atomic E-state index is -4.47. The molecular weight excluding hydrogens is 399 g/mol. The number of rotatable bonds is 3. The average Bonchev–Trinajstić information content (AvgIpc) is 3.26. The first-order valence-corrected chi connectivity index (χ1v) is 10.7. The number of hydrogen-bond acceptors (Lipinski definition) is 3. The van der Waals surface area contributed by atoms with Crippen LogP contribution in [-0.2, 0) is 19.0 Å². The van der Waals surface area contributed by atoms with Gasteiger partial charge in [0, 0.05) is 29.2 Å². The highest BCUT2D eigenvalue weighted by atomic mass is 32.1. The van der Waals surface area contributed by atoms with E-state index in [0.29, 0.717) is 22.5 Å². The average molecular weight is 424 g/mol. The number of halogens is 3. The topological polar surface area (TPSA) is 40.5 Å². The molecule has 7 heteroatoms. The van der Waals surface area contributed by atoms with Gasteiger partial charge in [0.2, 0.25) is 0 Å². The molecule has 1 N–H and O–H groups in total. The minimum Gasteiger partial charge on any atom is -0.478 e. The Morgan fingerprint density at radius 1 is 1.21 bits per heavy atom. The predicted octanol–water partition coefficient (Wildman–Crippen LogP) is 6.25. The van der Waals surface area contributed by atoms with E-state index in [9.17, 15) is 23.1 Å². The molecule has 0 amide bonds. The maximum Gasteiger partial charge on any atom is 0.416 e. The predicted molar refractivity (Wildman–Crippen MR) is 109 cm³/mol.